The molecule has 1 unspecified atom stereocenters. The molecule has 1 heterocycles. The lowest BCUT2D eigenvalue weighted by Gasteiger charge is -2.34. The highest BCUT2D eigenvalue weighted by Gasteiger charge is 2.22. The van der Waals surface area contributed by atoms with Crippen LogP contribution < -0.4 is 0 Å². The molecule has 19 heavy (non-hydrogen) atoms. The number of aliphatic hydroxyl groups is 1. The molecule has 1 fully saturated rings. The van der Waals surface area contributed by atoms with E-state index in [1.807, 2.05) is 0 Å². The Labute approximate surface area is 117 Å². The van der Waals surface area contributed by atoms with Crippen LogP contribution in [0.1, 0.15) is 16.8 Å². The van der Waals surface area contributed by atoms with Gasteiger partial charge in [-0.1, -0.05) is 11.6 Å². The van der Waals surface area contributed by atoms with Gasteiger partial charge in [0.25, 0.3) is 0 Å². The number of Topliss-reactive ketones (excluding diaryl/α,β-unsaturated/α-hetero) is 1. The Morgan fingerprint density at radius 1 is 1.42 bits per heavy atom. The number of carbonyl (C=O) groups is 1. The van der Waals surface area contributed by atoms with Gasteiger partial charge in [0.2, 0.25) is 0 Å². The second-order valence-electron chi connectivity index (χ2n) is 4.63. The van der Waals surface area contributed by atoms with Crippen LogP contribution in [0.3, 0.4) is 0 Å². The maximum Gasteiger partial charge on any atom is 0.164 e. The van der Waals surface area contributed by atoms with Crippen molar-refractivity contribution >= 4 is 17.4 Å². The molecule has 0 bridgehead atoms. The van der Waals surface area contributed by atoms with Crippen molar-refractivity contribution in [1.82, 2.24) is 4.90 Å². The van der Waals surface area contributed by atoms with E-state index in [0.29, 0.717) is 36.8 Å². The molecule has 1 aliphatic heterocycles. The minimum Gasteiger partial charge on any atom is -0.395 e. The maximum absolute atomic E-state index is 12.0. The lowest BCUT2D eigenvalue weighted by atomic mass is 10.1. The number of nitrogens with zero attached hydrogens (tertiary/aromatic N) is 1. The molecule has 1 aromatic rings. The summed E-state index contributed by atoms with van der Waals surface area (Å²) in [6, 6.07) is 6.94. The van der Waals surface area contributed by atoms with Crippen LogP contribution in [0.4, 0.5) is 0 Å². The van der Waals surface area contributed by atoms with Crippen molar-refractivity contribution in [2.75, 3.05) is 32.9 Å². The summed E-state index contributed by atoms with van der Waals surface area (Å²) in [6.45, 7) is 2.67. The summed E-state index contributed by atoms with van der Waals surface area (Å²) in [6.07, 6.45) is 0.443. The number of halogens is 1. The van der Waals surface area contributed by atoms with Crippen LogP contribution in [0, 0.1) is 0 Å². The summed E-state index contributed by atoms with van der Waals surface area (Å²) in [5.74, 6) is 0.0971. The molecule has 0 aromatic heterocycles. The zero-order chi connectivity index (χ0) is 13.7. The van der Waals surface area contributed by atoms with Crippen molar-refractivity contribution < 1.29 is 14.6 Å². The van der Waals surface area contributed by atoms with Crippen molar-refractivity contribution in [3.8, 4) is 0 Å². The second kappa shape index (κ2) is 7.01. The molecule has 0 spiro atoms. The van der Waals surface area contributed by atoms with Gasteiger partial charge in [0.15, 0.2) is 5.78 Å². The van der Waals surface area contributed by atoms with E-state index in [2.05, 4.69) is 4.90 Å². The van der Waals surface area contributed by atoms with E-state index in [1.165, 1.54) is 0 Å². The summed E-state index contributed by atoms with van der Waals surface area (Å²) >= 11 is 5.79. The molecule has 0 saturated carbocycles. The fraction of sp³-hybridized carbons (Fsp3) is 0.500. The monoisotopic (exact) mass is 283 g/mol. The summed E-state index contributed by atoms with van der Waals surface area (Å²) in [7, 11) is 0. The normalized spacial score (nSPS) is 20.4. The number of ether oxygens (including phenoxy) is 1. The smallest absolute Gasteiger partial charge is 0.164 e. The summed E-state index contributed by atoms with van der Waals surface area (Å²) in [4.78, 5) is 14.1. The standard InChI is InChI=1S/C14H18ClNO3/c15-12-3-1-11(2-4-12)14(18)5-6-16-7-8-19-10-13(16)9-17/h1-4,13,17H,5-10H2. The van der Waals surface area contributed by atoms with Crippen molar-refractivity contribution in [2.24, 2.45) is 0 Å². The van der Waals surface area contributed by atoms with Crippen LogP contribution >= 0.6 is 11.6 Å². The second-order valence-corrected chi connectivity index (χ2v) is 5.06. The SMILES string of the molecule is O=C(CCN1CCOCC1CO)c1ccc(Cl)cc1. The number of aliphatic hydroxyl groups excluding tert-OH is 1. The number of benzene rings is 1. The first-order valence-electron chi connectivity index (χ1n) is 6.42. The predicted octanol–water partition coefficient (Wildman–Crippen LogP) is 1.61. The Bertz CT molecular complexity index is 421. The molecule has 1 aliphatic rings. The molecule has 1 atom stereocenters. The van der Waals surface area contributed by atoms with E-state index in [1.54, 1.807) is 24.3 Å². The molecule has 1 N–H and O–H groups in total. The van der Waals surface area contributed by atoms with Gasteiger partial charge < -0.3 is 9.84 Å². The highest BCUT2D eigenvalue weighted by atomic mass is 35.5. The zero-order valence-corrected chi connectivity index (χ0v) is 11.5. The van der Waals surface area contributed by atoms with Gasteiger partial charge in [0, 0.05) is 30.1 Å². The van der Waals surface area contributed by atoms with Gasteiger partial charge in [0.1, 0.15) is 0 Å². The van der Waals surface area contributed by atoms with Crippen LogP contribution in [-0.2, 0) is 4.74 Å². The summed E-state index contributed by atoms with van der Waals surface area (Å²) in [5.41, 5.74) is 0.679. The number of hydrogen-bond acceptors (Lipinski definition) is 4. The lowest BCUT2D eigenvalue weighted by Crippen LogP contribution is -2.48. The van der Waals surface area contributed by atoms with Crippen molar-refractivity contribution in [3.05, 3.63) is 34.9 Å². The third kappa shape index (κ3) is 4.01. The van der Waals surface area contributed by atoms with E-state index in [-0.39, 0.29) is 18.4 Å². The lowest BCUT2D eigenvalue weighted by molar-refractivity contribution is -0.0270. The van der Waals surface area contributed by atoms with Crippen molar-refractivity contribution in [1.29, 1.82) is 0 Å². The highest BCUT2D eigenvalue weighted by molar-refractivity contribution is 6.30. The molecule has 5 heteroatoms. The van der Waals surface area contributed by atoms with Gasteiger partial charge in [-0.25, -0.2) is 0 Å². The molecule has 0 aliphatic carbocycles. The molecule has 4 nitrogen and oxygen atoms in total. The summed E-state index contributed by atoms with van der Waals surface area (Å²) < 4.78 is 5.31. The topological polar surface area (TPSA) is 49.8 Å². The fourth-order valence-electron chi connectivity index (χ4n) is 2.18. The van der Waals surface area contributed by atoms with Gasteiger partial charge in [-0.3, -0.25) is 9.69 Å². The third-order valence-electron chi connectivity index (χ3n) is 3.35. The minimum absolute atomic E-state index is 0.00627. The van der Waals surface area contributed by atoms with E-state index in [0.717, 1.165) is 6.54 Å². The number of ketones is 1. The van der Waals surface area contributed by atoms with Gasteiger partial charge in [-0.2, -0.15) is 0 Å². The summed E-state index contributed by atoms with van der Waals surface area (Å²) in [5, 5.41) is 9.88. The van der Waals surface area contributed by atoms with E-state index >= 15 is 0 Å². The van der Waals surface area contributed by atoms with Crippen LogP contribution in [0.2, 0.25) is 5.02 Å². The van der Waals surface area contributed by atoms with Crippen LogP contribution in [-0.4, -0.2) is 54.7 Å². The molecule has 104 valence electrons. The fourth-order valence-corrected chi connectivity index (χ4v) is 2.30. The minimum atomic E-state index is 0.00627. The van der Waals surface area contributed by atoms with Crippen LogP contribution in [0.25, 0.3) is 0 Å². The predicted molar refractivity (Wildman–Crippen MR) is 73.7 cm³/mol. The molecular weight excluding hydrogens is 266 g/mol. The molecule has 2 rings (SSSR count). The Hall–Kier alpha value is -0.940. The van der Waals surface area contributed by atoms with Gasteiger partial charge in [-0.15, -0.1) is 0 Å². The average Bonchev–Trinajstić information content (AvgIpc) is 2.45. The van der Waals surface area contributed by atoms with Crippen LogP contribution in [0.5, 0.6) is 0 Å². The van der Waals surface area contributed by atoms with Crippen molar-refractivity contribution in [2.45, 2.75) is 12.5 Å². The molecule has 0 amide bonds. The van der Waals surface area contributed by atoms with Crippen LogP contribution in [0.15, 0.2) is 24.3 Å². The molecule has 1 saturated heterocycles. The highest BCUT2D eigenvalue weighted by Crippen LogP contribution is 2.13. The van der Waals surface area contributed by atoms with E-state index in [9.17, 15) is 9.90 Å². The Kier molecular flexibility index (Phi) is 5.34. The largest absolute Gasteiger partial charge is 0.395 e. The molecular formula is C14H18ClNO3. The maximum atomic E-state index is 12.0. The van der Waals surface area contributed by atoms with Gasteiger partial charge in [-0.05, 0) is 24.3 Å². The Morgan fingerprint density at radius 2 is 2.16 bits per heavy atom. The molecule has 0 radical (unpaired) electrons. The first-order chi connectivity index (χ1) is 9.20. The van der Waals surface area contributed by atoms with Gasteiger partial charge in [0.05, 0.1) is 25.9 Å². The Balaban J connectivity index is 1.87. The number of morpholine rings is 1. The average molecular weight is 284 g/mol. The van der Waals surface area contributed by atoms with Gasteiger partial charge >= 0.3 is 0 Å². The van der Waals surface area contributed by atoms with E-state index < -0.39 is 0 Å². The quantitative estimate of drug-likeness (QED) is 0.834. The number of rotatable bonds is 5. The number of hydrogen-bond donors (Lipinski definition) is 1. The number of carbonyl (C=O) groups excluding carboxylic acids is 1. The van der Waals surface area contributed by atoms with Crippen molar-refractivity contribution in [3.63, 3.8) is 0 Å². The van der Waals surface area contributed by atoms with E-state index in [4.69, 9.17) is 16.3 Å². The third-order valence-corrected chi connectivity index (χ3v) is 3.60. The molecule has 1 aromatic carbocycles. The first-order valence-corrected chi connectivity index (χ1v) is 6.80. The Morgan fingerprint density at radius 3 is 2.84 bits per heavy atom. The first kappa shape index (κ1) is 14.5. The zero-order valence-electron chi connectivity index (χ0n) is 10.7.